The van der Waals surface area contributed by atoms with Gasteiger partial charge in [-0.05, 0) is 59.4 Å². The number of hydrogen-bond donors (Lipinski definition) is 2. The van der Waals surface area contributed by atoms with Crippen molar-refractivity contribution in [1.82, 2.24) is 0 Å². The van der Waals surface area contributed by atoms with E-state index in [-0.39, 0.29) is 16.7 Å². The van der Waals surface area contributed by atoms with Crippen molar-refractivity contribution in [3.05, 3.63) is 113 Å². The lowest BCUT2D eigenvalue weighted by atomic mass is 9.97. The molecule has 4 aromatic rings. The van der Waals surface area contributed by atoms with Gasteiger partial charge in [-0.2, -0.15) is 0 Å². The average Bonchev–Trinajstić information content (AvgIpc) is 2.91. The van der Waals surface area contributed by atoms with Gasteiger partial charge >= 0.3 is 5.97 Å². The molecule has 0 bridgehead atoms. The van der Waals surface area contributed by atoms with Gasteiger partial charge in [0.05, 0.1) is 14.2 Å². The Balaban J connectivity index is 1.57. The van der Waals surface area contributed by atoms with Gasteiger partial charge < -0.3 is 15.8 Å². The molecule has 1 amide bonds. The molecule has 0 unspecified atom stereocenters. The molecule has 4 aromatic carbocycles. The molecule has 1 atom stereocenters. The smallest absolute Gasteiger partial charge is 0.338 e. The summed E-state index contributed by atoms with van der Waals surface area (Å²) in [5, 5.41) is 4.48. The highest BCUT2D eigenvalue weighted by molar-refractivity contribution is 5.98. The van der Waals surface area contributed by atoms with Crippen LogP contribution in [-0.2, 0) is 16.1 Å². The van der Waals surface area contributed by atoms with Crippen LogP contribution in [-0.4, -0.2) is 18.4 Å². The molecule has 0 aliphatic carbocycles. The number of rotatable bonds is 7. The number of nitrogens with one attached hydrogen (secondary N) is 1. The molecule has 0 saturated heterocycles. The minimum atomic E-state index is -2.90. The number of carbonyl (C=O) groups is 2. The number of ether oxygens (including phenoxy) is 1. The van der Waals surface area contributed by atoms with E-state index in [4.69, 9.17) is 24.2 Å². The molecule has 0 spiro atoms. The molecule has 0 saturated carbocycles. The first-order chi connectivity index (χ1) is 20.3. The molecule has 172 valence electrons. The zero-order valence-electron chi connectivity index (χ0n) is 28.0. The maximum absolute atomic E-state index is 13.2. The van der Waals surface area contributed by atoms with Crippen LogP contribution in [0.25, 0.3) is 10.8 Å². The predicted octanol–water partition coefficient (Wildman–Crippen LogP) is 5.49. The quantitative estimate of drug-likeness (QED) is 0.356. The van der Waals surface area contributed by atoms with Crippen LogP contribution in [0.15, 0.2) is 84.9 Å². The second kappa shape index (κ2) is 10.3. The molecule has 5 nitrogen and oxygen atoms in total. The maximum Gasteiger partial charge on any atom is 0.338 e. The summed E-state index contributed by atoms with van der Waals surface area (Å²) in [5.41, 5.74) is 4.65. The van der Waals surface area contributed by atoms with Gasteiger partial charge in [-0.1, -0.05) is 72.3 Å². The summed E-state index contributed by atoms with van der Waals surface area (Å²) < 4.78 is 83.7. The topological polar surface area (TPSA) is 81.4 Å². The van der Waals surface area contributed by atoms with Gasteiger partial charge in [0.2, 0.25) is 5.91 Å². The SMILES string of the molecule is [2H]C([2H])([2H])c1ccc(C(=O)OC([2H])([2H])c2ccc([C@H](C(=O)Nc3ccc4ccccc4c3)C([2H])([2H])N)cc2)c(C([2H])([2H])[2H])c1. The normalized spacial score (nSPS) is 17.7. The molecular formula is C29H28N2O3. The summed E-state index contributed by atoms with van der Waals surface area (Å²) in [7, 11) is 0. The monoisotopic (exact) mass is 462 g/mol. The van der Waals surface area contributed by atoms with Gasteiger partial charge in [0.1, 0.15) is 6.56 Å². The second-order valence-corrected chi connectivity index (χ2v) is 7.52. The fraction of sp³-hybridized carbons (Fsp3) is 0.172. The van der Waals surface area contributed by atoms with Gasteiger partial charge in [-0.25, -0.2) is 4.79 Å². The van der Waals surface area contributed by atoms with E-state index < -0.39 is 55.7 Å². The molecule has 4 rings (SSSR count). The Hall–Kier alpha value is -3.96. The second-order valence-electron chi connectivity index (χ2n) is 7.52. The summed E-state index contributed by atoms with van der Waals surface area (Å²) in [6.07, 6.45) is 0. The van der Waals surface area contributed by atoms with Crippen LogP contribution in [0.5, 0.6) is 0 Å². The van der Waals surface area contributed by atoms with E-state index in [9.17, 15) is 9.59 Å². The standard InChI is InChI=1S/C29H28N2O3/c1-19-7-14-26(20(2)15-19)29(33)34-18-21-8-10-23(11-9-21)27(17-30)28(32)31-25-13-12-22-5-3-4-6-24(22)16-25/h3-16,27H,17-18,30H2,1-2H3,(H,31,32)/t27-/m1/s1/i1D3,2D3,17D2,18D2. The molecule has 0 heterocycles. The zero-order valence-corrected chi connectivity index (χ0v) is 18.0. The Morgan fingerprint density at radius 1 is 0.971 bits per heavy atom. The van der Waals surface area contributed by atoms with E-state index >= 15 is 0 Å². The fourth-order valence-corrected chi connectivity index (χ4v) is 3.43. The highest BCUT2D eigenvalue weighted by Crippen LogP contribution is 2.22. The number of benzene rings is 4. The van der Waals surface area contributed by atoms with E-state index in [1.165, 1.54) is 24.3 Å². The van der Waals surface area contributed by atoms with E-state index in [2.05, 4.69) is 5.32 Å². The lowest BCUT2D eigenvalue weighted by Gasteiger charge is -2.16. The Bertz CT molecular complexity index is 1700. The largest absolute Gasteiger partial charge is 0.457 e. The van der Waals surface area contributed by atoms with E-state index in [1.807, 2.05) is 24.3 Å². The van der Waals surface area contributed by atoms with Crippen molar-refractivity contribution in [2.24, 2.45) is 5.73 Å². The fourth-order valence-electron chi connectivity index (χ4n) is 3.43. The zero-order chi connectivity index (χ0) is 32.7. The lowest BCUT2D eigenvalue weighted by molar-refractivity contribution is -0.117. The average molecular weight is 463 g/mol. The molecule has 0 fully saturated rings. The Kier molecular flexibility index (Phi) is 4.15. The number of amides is 1. The number of nitrogens with two attached hydrogens (primary N) is 1. The summed E-state index contributed by atoms with van der Waals surface area (Å²) in [4.78, 5) is 26.2. The number of hydrogen-bond acceptors (Lipinski definition) is 4. The minimum absolute atomic E-state index is 0.117. The van der Waals surface area contributed by atoms with Crippen LogP contribution in [0.3, 0.4) is 0 Å². The number of esters is 1. The van der Waals surface area contributed by atoms with Crippen LogP contribution < -0.4 is 11.1 Å². The van der Waals surface area contributed by atoms with Crippen LogP contribution in [0.4, 0.5) is 5.69 Å². The van der Waals surface area contributed by atoms with Crippen LogP contribution >= 0.6 is 0 Å². The number of aryl methyl sites for hydroxylation is 2. The van der Waals surface area contributed by atoms with Crippen molar-refractivity contribution in [3.8, 4) is 0 Å². The molecule has 0 radical (unpaired) electrons. The molecule has 0 aliphatic heterocycles. The third-order valence-corrected chi connectivity index (χ3v) is 5.19. The van der Waals surface area contributed by atoms with Crippen molar-refractivity contribution in [2.45, 2.75) is 26.2 Å². The van der Waals surface area contributed by atoms with Gasteiger partial charge in [-0.15, -0.1) is 0 Å². The van der Waals surface area contributed by atoms with Gasteiger partial charge in [0, 0.05) is 23.2 Å². The summed E-state index contributed by atoms with van der Waals surface area (Å²) in [6.45, 7) is -10.8. The number of carbonyl (C=O) groups excluding carboxylic acids is 2. The van der Waals surface area contributed by atoms with Crippen LogP contribution in [0.2, 0.25) is 0 Å². The number of fused-ring (bicyclic) bond motifs is 1. The third-order valence-electron chi connectivity index (χ3n) is 5.19. The Morgan fingerprint density at radius 2 is 1.76 bits per heavy atom. The number of anilines is 1. The first kappa shape index (κ1) is 13.7. The van der Waals surface area contributed by atoms with E-state index in [0.29, 0.717) is 5.69 Å². The third kappa shape index (κ3) is 5.33. The Morgan fingerprint density at radius 3 is 2.50 bits per heavy atom. The highest BCUT2D eigenvalue weighted by Gasteiger charge is 2.19. The predicted molar refractivity (Wildman–Crippen MR) is 136 cm³/mol. The van der Waals surface area contributed by atoms with Crippen LogP contribution in [0.1, 0.15) is 52.2 Å². The first-order valence-corrected chi connectivity index (χ1v) is 10.3. The minimum Gasteiger partial charge on any atom is -0.457 e. The first-order valence-electron chi connectivity index (χ1n) is 15.3. The van der Waals surface area contributed by atoms with E-state index in [0.717, 1.165) is 29.0 Å². The molecule has 5 heteroatoms. The van der Waals surface area contributed by atoms with Crippen molar-refractivity contribution in [1.29, 1.82) is 0 Å². The molecule has 0 aromatic heterocycles. The molecular weight excluding hydrogens is 424 g/mol. The van der Waals surface area contributed by atoms with Crippen molar-refractivity contribution >= 4 is 28.3 Å². The van der Waals surface area contributed by atoms with E-state index in [1.54, 1.807) is 18.2 Å². The van der Waals surface area contributed by atoms with Gasteiger partial charge in [0.15, 0.2) is 0 Å². The van der Waals surface area contributed by atoms with Gasteiger partial charge in [0.25, 0.3) is 0 Å². The molecule has 0 aliphatic rings. The summed E-state index contributed by atoms with van der Waals surface area (Å²) >= 11 is 0. The lowest BCUT2D eigenvalue weighted by Crippen LogP contribution is -2.27. The van der Waals surface area contributed by atoms with Crippen molar-refractivity contribution < 1.29 is 28.0 Å². The highest BCUT2D eigenvalue weighted by atomic mass is 16.5. The molecule has 34 heavy (non-hydrogen) atoms. The van der Waals surface area contributed by atoms with Crippen LogP contribution in [0, 0.1) is 13.7 Å². The molecule has 3 N–H and O–H groups in total. The van der Waals surface area contributed by atoms with Crippen molar-refractivity contribution in [3.63, 3.8) is 0 Å². The summed E-state index contributed by atoms with van der Waals surface area (Å²) in [5.74, 6) is -3.59. The van der Waals surface area contributed by atoms with Crippen molar-refractivity contribution in [2.75, 3.05) is 11.8 Å². The maximum atomic E-state index is 13.2. The van der Waals surface area contributed by atoms with Gasteiger partial charge in [-0.3, -0.25) is 4.79 Å². The Labute approximate surface area is 213 Å². The summed E-state index contributed by atoms with van der Waals surface area (Å²) in [6, 6.07) is 20.5.